The molecule has 0 aliphatic rings. The second kappa shape index (κ2) is 5.38. The van der Waals surface area contributed by atoms with Crippen molar-refractivity contribution in [3.8, 4) is 0 Å². The quantitative estimate of drug-likeness (QED) is 0.655. The Bertz CT molecular complexity index is 789. The van der Waals surface area contributed by atoms with E-state index in [1.54, 1.807) is 0 Å². The predicted octanol–water partition coefficient (Wildman–Crippen LogP) is 5.10. The third-order valence-corrected chi connectivity index (χ3v) is 4.03. The Hall–Kier alpha value is -1.65. The molecule has 0 saturated heterocycles. The summed E-state index contributed by atoms with van der Waals surface area (Å²) in [6.07, 6.45) is 0. The molecule has 1 aromatic heterocycles. The van der Waals surface area contributed by atoms with Gasteiger partial charge in [-0.2, -0.15) is 4.98 Å². The van der Waals surface area contributed by atoms with Crippen molar-refractivity contribution in [2.45, 2.75) is 6.92 Å². The maximum absolute atomic E-state index is 5.98. The van der Waals surface area contributed by atoms with Gasteiger partial charge in [-0.05, 0) is 48.4 Å². The van der Waals surface area contributed by atoms with E-state index >= 15 is 0 Å². The number of hydrogen-bond donors (Lipinski definition) is 1. The molecule has 0 unspecified atom stereocenters. The molecule has 0 spiro atoms. The molecule has 0 aliphatic heterocycles. The molecule has 3 rings (SSSR count). The molecule has 0 radical (unpaired) electrons. The predicted molar refractivity (Wildman–Crippen MR) is 86.7 cm³/mol. The van der Waals surface area contributed by atoms with Crippen molar-refractivity contribution in [3.05, 3.63) is 57.8 Å². The lowest BCUT2D eigenvalue weighted by atomic mass is 10.2. The van der Waals surface area contributed by atoms with Crippen LogP contribution in [0, 0.1) is 6.92 Å². The van der Waals surface area contributed by atoms with Crippen LogP contribution >= 0.6 is 27.5 Å². The molecular formula is C15H11BrClN3. The minimum Gasteiger partial charge on any atom is -0.340 e. The zero-order valence-corrected chi connectivity index (χ0v) is 13.0. The highest BCUT2D eigenvalue weighted by Crippen LogP contribution is 2.27. The second-order valence-electron chi connectivity index (χ2n) is 4.45. The molecule has 0 bridgehead atoms. The fourth-order valence-electron chi connectivity index (χ4n) is 1.95. The van der Waals surface area contributed by atoms with Crippen LogP contribution in [0.1, 0.15) is 5.56 Å². The van der Waals surface area contributed by atoms with Crippen molar-refractivity contribution in [1.82, 2.24) is 9.97 Å². The number of benzene rings is 2. The number of aryl methyl sites for hydroxylation is 1. The Kier molecular flexibility index (Phi) is 3.59. The first-order valence-corrected chi connectivity index (χ1v) is 7.26. The number of rotatable bonds is 2. The van der Waals surface area contributed by atoms with E-state index in [4.69, 9.17) is 11.6 Å². The van der Waals surface area contributed by atoms with E-state index in [1.807, 2.05) is 49.4 Å². The highest BCUT2D eigenvalue weighted by Gasteiger charge is 2.07. The van der Waals surface area contributed by atoms with Gasteiger partial charge in [-0.1, -0.05) is 34.1 Å². The minimum atomic E-state index is 0.234. The Morgan fingerprint density at radius 1 is 1.10 bits per heavy atom. The Labute approximate surface area is 130 Å². The largest absolute Gasteiger partial charge is 0.340 e. The molecule has 1 N–H and O–H groups in total. The fraction of sp³-hybridized carbons (Fsp3) is 0.0667. The maximum atomic E-state index is 5.98. The minimum absolute atomic E-state index is 0.234. The van der Waals surface area contributed by atoms with Gasteiger partial charge >= 0.3 is 0 Å². The van der Waals surface area contributed by atoms with Crippen LogP contribution in [0.3, 0.4) is 0 Å². The van der Waals surface area contributed by atoms with Crippen LogP contribution in [0.15, 0.2) is 46.9 Å². The van der Waals surface area contributed by atoms with Crippen LogP contribution in [-0.2, 0) is 0 Å². The number of hydrogen-bond acceptors (Lipinski definition) is 3. The van der Waals surface area contributed by atoms with Crippen LogP contribution < -0.4 is 5.32 Å². The number of anilines is 2. The zero-order valence-electron chi connectivity index (χ0n) is 10.7. The summed E-state index contributed by atoms with van der Waals surface area (Å²) in [5.74, 6) is 0.705. The van der Waals surface area contributed by atoms with Crippen molar-refractivity contribution in [1.29, 1.82) is 0 Å². The third-order valence-electron chi connectivity index (χ3n) is 3.01. The molecule has 0 atom stereocenters. The van der Waals surface area contributed by atoms with Crippen LogP contribution in [0.4, 0.5) is 11.5 Å². The van der Waals surface area contributed by atoms with E-state index in [2.05, 4.69) is 31.2 Å². The van der Waals surface area contributed by atoms with Gasteiger partial charge in [0, 0.05) is 15.5 Å². The molecule has 2 aromatic carbocycles. The number of nitrogens with zero attached hydrogens (tertiary/aromatic N) is 2. The van der Waals surface area contributed by atoms with Gasteiger partial charge in [0.2, 0.25) is 5.28 Å². The number of halogens is 2. The maximum Gasteiger partial charge on any atom is 0.224 e. The first kappa shape index (κ1) is 13.3. The van der Waals surface area contributed by atoms with Crippen LogP contribution in [0.2, 0.25) is 5.28 Å². The normalized spacial score (nSPS) is 10.8. The van der Waals surface area contributed by atoms with Crippen LogP contribution in [0.25, 0.3) is 10.9 Å². The molecule has 5 heteroatoms. The standard InChI is InChI=1S/C15H11BrClN3/c1-9-6-7-10(8-12(9)16)18-14-11-4-2-3-5-13(11)19-15(17)20-14/h2-8H,1H3,(H,18,19,20). The Balaban J connectivity index is 2.07. The molecule has 3 nitrogen and oxygen atoms in total. The second-order valence-corrected chi connectivity index (χ2v) is 5.64. The molecule has 3 aromatic rings. The van der Waals surface area contributed by atoms with Crippen molar-refractivity contribution < 1.29 is 0 Å². The summed E-state index contributed by atoms with van der Waals surface area (Å²) >= 11 is 9.50. The van der Waals surface area contributed by atoms with E-state index in [-0.39, 0.29) is 5.28 Å². The smallest absolute Gasteiger partial charge is 0.224 e. The third kappa shape index (κ3) is 2.62. The van der Waals surface area contributed by atoms with Crippen molar-refractivity contribution >= 4 is 49.9 Å². The summed E-state index contributed by atoms with van der Waals surface area (Å²) < 4.78 is 1.05. The number of nitrogens with one attached hydrogen (secondary N) is 1. The van der Waals surface area contributed by atoms with E-state index in [9.17, 15) is 0 Å². The molecule has 20 heavy (non-hydrogen) atoms. The lowest BCUT2D eigenvalue weighted by Gasteiger charge is -2.10. The molecular weight excluding hydrogens is 338 g/mol. The molecule has 0 fully saturated rings. The van der Waals surface area contributed by atoms with E-state index in [1.165, 1.54) is 5.56 Å². The topological polar surface area (TPSA) is 37.8 Å². The highest BCUT2D eigenvalue weighted by atomic mass is 79.9. The Morgan fingerprint density at radius 3 is 2.70 bits per heavy atom. The molecule has 1 heterocycles. The Morgan fingerprint density at radius 2 is 1.90 bits per heavy atom. The van der Waals surface area contributed by atoms with Gasteiger partial charge in [-0.15, -0.1) is 0 Å². The average molecular weight is 349 g/mol. The van der Waals surface area contributed by atoms with Crippen molar-refractivity contribution in [2.24, 2.45) is 0 Å². The van der Waals surface area contributed by atoms with Crippen molar-refractivity contribution in [2.75, 3.05) is 5.32 Å². The molecule has 0 aliphatic carbocycles. The fourth-order valence-corrected chi connectivity index (χ4v) is 2.51. The van der Waals surface area contributed by atoms with E-state index in [0.29, 0.717) is 5.82 Å². The van der Waals surface area contributed by atoms with Gasteiger partial charge in [0.1, 0.15) is 5.82 Å². The molecule has 100 valence electrons. The highest BCUT2D eigenvalue weighted by molar-refractivity contribution is 9.10. The van der Waals surface area contributed by atoms with Gasteiger partial charge in [0.25, 0.3) is 0 Å². The van der Waals surface area contributed by atoms with Crippen molar-refractivity contribution in [3.63, 3.8) is 0 Å². The van der Waals surface area contributed by atoms with Gasteiger partial charge in [-0.25, -0.2) is 4.98 Å². The van der Waals surface area contributed by atoms with Gasteiger partial charge in [0.15, 0.2) is 0 Å². The summed E-state index contributed by atoms with van der Waals surface area (Å²) in [6.45, 7) is 2.05. The average Bonchev–Trinajstić information content (AvgIpc) is 2.43. The monoisotopic (exact) mass is 347 g/mol. The lowest BCUT2D eigenvalue weighted by Crippen LogP contribution is -1.97. The summed E-state index contributed by atoms with van der Waals surface area (Å²) in [5, 5.41) is 4.46. The van der Waals surface area contributed by atoms with Gasteiger partial charge in [-0.3, -0.25) is 0 Å². The number of fused-ring (bicyclic) bond motifs is 1. The first-order valence-electron chi connectivity index (χ1n) is 6.09. The lowest BCUT2D eigenvalue weighted by molar-refractivity contribution is 1.22. The summed E-state index contributed by atoms with van der Waals surface area (Å²) in [5.41, 5.74) is 2.95. The van der Waals surface area contributed by atoms with E-state index < -0.39 is 0 Å². The summed E-state index contributed by atoms with van der Waals surface area (Å²) in [6, 6.07) is 13.8. The number of aromatic nitrogens is 2. The first-order chi connectivity index (χ1) is 9.63. The molecule has 0 amide bonds. The number of para-hydroxylation sites is 1. The van der Waals surface area contributed by atoms with Crippen LogP contribution in [-0.4, -0.2) is 9.97 Å². The van der Waals surface area contributed by atoms with E-state index in [0.717, 1.165) is 21.1 Å². The van der Waals surface area contributed by atoms with Gasteiger partial charge < -0.3 is 5.32 Å². The molecule has 0 saturated carbocycles. The van der Waals surface area contributed by atoms with Crippen LogP contribution in [0.5, 0.6) is 0 Å². The summed E-state index contributed by atoms with van der Waals surface area (Å²) in [4.78, 5) is 8.49. The SMILES string of the molecule is Cc1ccc(Nc2nc(Cl)nc3ccccc23)cc1Br. The zero-order chi connectivity index (χ0) is 14.1. The summed E-state index contributed by atoms with van der Waals surface area (Å²) in [7, 11) is 0. The van der Waals surface area contributed by atoms with Gasteiger partial charge in [0.05, 0.1) is 5.52 Å².